The minimum absolute atomic E-state index is 0.0912. The number of amides is 1. The van der Waals surface area contributed by atoms with Crippen LogP contribution in [0.5, 0.6) is 5.75 Å². The number of aliphatic hydroxyl groups is 1. The Hall–Kier alpha value is -2.04. The number of aliphatic hydroxyl groups excluding tert-OH is 1. The Labute approximate surface area is 141 Å². The highest BCUT2D eigenvalue weighted by molar-refractivity contribution is 6.32. The lowest BCUT2D eigenvalue weighted by Gasteiger charge is -2.19. The van der Waals surface area contributed by atoms with Gasteiger partial charge in [0.15, 0.2) is 0 Å². The number of benzene rings is 2. The topological polar surface area (TPSA) is 58.6 Å². The molecule has 0 radical (unpaired) electrons. The summed E-state index contributed by atoms with van der Waals surface area (Å²) in [6.45, 7) is 0.0912. The third-order valence-electron chi connectivity index (χ3n) is 3.57. The van der Waals surface area contributed by atoms with Gasteiger partial charge in [0, 0.05) is 12.2 Å². The lowest BCUT2D eigenvalue weighted by atomic mass is 10.0. The zero-order chi connectivity index (χ0) is 16.7. The van der Waals surface area contributed by atoms with Gasteiger partial charge in [0.25, 0.3) is 5.91 Å². The van der Waals surface area contributed by atoms with Crippen LogP contribution in [-0.2, 0) is 0 Å². The fraction of sp³-hybridized carbons (Fsp3) is 0.278. The Bertz CT molecular complexity index is 646. The highest BCUT2D eigenvalue weighted by atomic mass is 35.5. The van der Waals surface area contributed by atoms with Gasteiger partial charge in [0.05, 0.1) is 18.2 Å². The van der Waals surface area contributed by atoms with E-state index in [0.29, 0.717) is 29.2 Å². The van der Waals surface area contributed by atoms with Gasteiger partial charge in [0.2, 0.25) is 0 Å². The third-order valence-corrected chi connectivity index (χ3v) is 3.88. The molecule has 0 aliphatic rings. The summed E-state index contributed by atoms with van der Waals surface area (Å²) in [5, 5.41) is 12.5. The summed E-state index contributed by atoms with van der Waals surface area (Å²) in [4.78, 5) is 12.5. The molecule has 0 saturated carbocycles. The van der Waals surface area contributed by atoms with Gasteiger partial charge in [-0.1, -0.05) is 41.9 Å². The molecule has 1 unspecified atom stereocenters. The molecule has 2 N–H and O–H groups in total. The van der Waals surface area contributed by atoms with Crippen LogP contribution in [0, 0.1) is 0 Å². The van der Waals surface area contributed by atoms with Crippen LogP contribution >= 0.6 is 11.6 Å². The molecule has 0 spiro atoms. The molecule has 2 rings (SSSR count). The molecule has 0 aromatic heterocycles. The van der Waals surface area contributed by atoms with Gasteiger partial charge >= 0.3 is 0 Å². The van der Waals surface area contributed by atoms with Crippen LogP contribution in [0.2, 0.25) is 5.02 Å². The molecular formula is C18H20ClNO3. The Morgan fingerprint density at radius 1 is 1.26 bits per heavy atom. The van der Waals surface area contributed by atoms with E-state index in [0.717, 1.165) is 5.56 Å². The minimum Gasteiger partial charge on any atom is -0.495 e. The SMILES string of the molecule is COc1cc(C(=O)NC(CCCO)c2ccccc2)ccc1Cl. The normalized spacial score (nSPS) is 11.8. The van der Waals surface area contributed by atoms with E-state index in [2.05, 4.69) is 5.32 Å². The van der Waals surface area contributed by atoms with Crippen molar-refractivity contribution in [1.29, 1.82) is 0 Å². The zero-order valence-electron chi connectivity index (χ0n) is 13.0. The first-order valence-electron chi connectivity index (χ1n) is 7.46. The Kier molecular flexibility index (Phi) is 6.44. The highest BCUT2D eigenvalue weighted by Gasteiger charge is 2.16. The summed E-state index contributed by atoms with van der Waals surface area (Å²) in [6.07, 6.45) is 1.28. The Morgan fingerprint density at radius 2 is 2.00 bits per heavy atom. The van der Waals surface area contributed by atoms with E-state index in [9.17, 15) is 4.79 Å². The van der Waals surface area contributed by atoms with Crippen LogP contribution in [-0.4, -0.2) is 24.7 Å². The van der Waals surface area contributed by atoms with Gasteiger partial charge in [-0.15, -0.1) is 0 Å². The molecule has 0 heterocycles. The maximum absolute atomic E-state index is 12.5. The average molecular weight is 334 g/mol. The van der Waals surface area contributed by atoms with E-state index in [1.165, 1.54) is 7.11 Å². The molecule has 0 aliphatic carbocycles. The molecule has 1 atom stereocenters. The molecule has 0 bridgehead atoms. The first-order chi connectivity index (χ1) is 11.2. The predicted octanol–water partition coefficient (Wildman–Crippen LogP) is 3.59. The smallest absolute Gasteiger partial charge is 0.251 e. The summed E-state index contributed by atoms with van der Waals surface area (Å²) < 4.78 is 5.15. The first-order valence-corrected chi connectivity index (χ1v) is 7.83. The Morgan fingerprint density at radius 3 is 2.65 bits per heavy atom. The van der Waals surface area contributed by atoms with Gasteiger partial charge in [-0.05, 0) is 36.6 Å². The number of halogens is 1. The fourth-order valence-corrected chi connectivity index (χ4v) is 2.54. The number of rotatable bonds is 7. The fourth-order valence-electron chi connectivity index (χ4n) is 2.35. The summed E-state index contributed by atoms with van der Waals surface area (Å²) in [7, 11) is 1.51. The van der Waals surface area contributed by atoms with Crippen LogP contribution in [0.1, 0.15) is 34.8 Å². The number of carbonyl (C=O) groups excluding carboxylic acids is 1. The molecular weight excluding hydrogens is 314 g/mol. The summed E-state index contributed by atoms with van der Waals surface area (Å²) in [5.74, 6) is 0.262. The maximum atomic E-state index is 12.5. The molecule has 2 aromatic carbocycles. The van der Waals surface area contributed by atoms with Crippen molar-refractivity contribution in [2.45, 2.75) is 18.9 Å². The maximum Gasteiger partial charge on any atom is 0.251 e. The van der Waals surface area contributed by atoms with Crippen molar-refractivity contribution in [3.05, 3.63) is 64.7 Å². The molecule has 0 saturated heterocycles. The molecule has 1 amide bonds. The van der Waals surface area contributed by atoms with Crippen molar-refractivity contribution in [2.75, 3.05) is 13.7 Å². The van der Waals surface area contributed by atoms with E-state index in [1.807, 2.05) is 30.3 Å². The van der Waals surface area contributed by atoms with Crippen LogP contribution in [0.15, 0.2) is 48.5 Å². The van der Waals surface area contributed by atoms with Crippen LogP contribution in [0.4, 0.5) is 0 Å². The van der Waals surface area contributed by atoms with Gasteiger partial charge in [-0.2, -0.15) is 0 Å². The Balaban J connectivity index is 2.17. The zero-order valence-corrected chi connectivity index (χ0v) is 13.7. The third kappa shape index (κ3) is 4.71. The van der Waals surface area contributed by atoms with E-state index < -0.39 is 0 Å². The van der Waals surface area contributed by atoms with Crippen LogP contribution in [0.3, 0.4) is 0 Å². The minimum atomic E-state index is -0.202. The van der Waals surface area contributed by atoms with Gasteiger partial charge in [-0.3, -0.25) is 4.79 Å². The predicted molar refractivity (Wildman–Crippen MR) is 91.0 cm³/mol. The van der Waals surface area contributed by atoms with Crippen molar-refractivity contribution in [1.82, 2.24) is 5.32 Å². The number of ether oxygens (including phenoxy) is 1. The number of hydrogen-bond acceptors (Lipinski definition) is 3. The second kappa shape index (κ2) is 8.56. The largest absolute Gasteiger partial charge is 0.495 e. The van der Waals surface area contributed by atoms with Crippen molar-refractivity contribution in [3.63, 3.8) is 0 Å². The second-order valence-corrected chi connectivity index (χ2v) is 5.56. The van der Waals surface area contributed by atoms with E-state index in [1.54, 1.807) is 18.2 Å². The van der Waals surface area contributed by atoms with Crippen molar-refractivity contribution in [2.24, 2.45) is 0 Å². The lowest BCUT2D eigenvalue weighted by molar-refractivity contribution is 0.0932. The number of nitrogens with one attached hydrogen (secondary N) is 1. The summed E-state index contributed by atoms with van der Waals surface area (Å²) in [5.41, 5.74) is 1.49. The summed E-state index contributed by atoms with van der Waals surface area (Å²) >= 11 is 5.99. The van der Waals surface area contributed by atoms with Crippen molar-refractivity contribution < 1.29 is 14.6 Å². The van der Waals surface area contributed by atoms with E-state index >= 15 is 0 Å². The number of hydrogen-bond donors (Lipinski definition) is 2. The molecule has 0 aliphatic heterocycles. The molecule has 5 heteroatoms. The van der Waals surface area contributed by atoms with Crippen molar-refractivity contribution >= 4 is 17.5 Å². The molecule has 122 valence electrons. The quantitative estimate of drug-likeness (QED) is 0.814. The van der Waals surface area contributed by atoms with E-state index in [4.69, 9.17) is 21.4 Å². The number of methoxy groups -OCH3 is 1. The molecule has 4 nitrogen and oxygen atoms in total. The van der Waals surface area contributed by atoms with Crippen LogP contribution in [0.25, 0.3) is 0 Å². The first kappa shape index (κ1) is 17.3. The molecule has 23 heavy (non-hydrogen) atoms. The number of carbonyl (C=O) groups is 1. The molecule has 2 aromatic rings. The van der Waals surface area contributed by atoms with E-state index in [-0.39, 0.29) is 18.6 Å². The standard InChI is InChI=1S/C18H20ClNO3/c1-23-17-12-14(9-10-15(17)19)18(22)20-16(8-5-11-21)13-6-3-2-4-7-13/h2-4,6-7,9-10,12,16,21H,5,8,11H2,1H3,(H,20,22). The van der Waals surface area contributed by atoms with Gasteiger partial charge in [0.1, 0.15) is 5.75 Å². The molecule has 0 fully saturated rings. The highest BCUT2D eigenvalue weighted by Crippen LogP contribution is 2.26. The average Bonchev–Trinajstić information content (AvgIpc) is 2.59. The van der Waals surface area contributed by atoms with Gasteiger partial charge < -0.3 is 15.2 Å². The van der Waals surface area contributed by atoms with Gasteiger partial charge in [-0.25, -0.2) is 0 Å². The lowest BCUT2D eigenvalue weighted by Crippen LogP contribution is -2.28. The van der Waals surface area contributed by atoms with Crippen LogP contribution < -0.4 is 10.1 Å². The monoisotopic (exact) mass is 333 g/mol. The van der Waals surface area contributed by atoms with Crippen molar-refractivity contribution in [3.8, 4) is 5.75 Å². The summed E-state index contributed by atoms with van der Waals surface area (Å²) in [6, 6.07) is 14.5. The second-order valence-electron chi connectivity index (χ2n) is 5.15.